The molecule has 0 aromatic rings. The van der Waals surface area contributed by atoms with Gasteiger partial charge in [-0.2, -0.15) is 0 Å². The maximum absolute atomic E-state index is 13.8. The summed E-state index contributed by atoms with van der Waals surface area (Å²) in [5.74, 6) is 0.633. The van der Waals surface area contributed by atoms with Gasteiger partial charge in [-0.25, -0.2) is 4.39 Å². The van der Waals surface area contributed by atoms with Crippen LogP contribution in [-0.2, 0) is 4.74 Å². The van der Waals surface area contributed by atoms with Gasteiger partial charge >= 0.3 is 0 Å². The van der Waals surface area contributed by atoms with Gasteiger partial charge in [0.2, 0.25) is 0 Å². The molecule has 1 heterocycles. The molecular weight excluding hydrogens is 217 g/mol. The lowest BCUT2D eigenvalue weighted by atomic mass is 9.96. The number of allylic oxidation sites excluding steroid dienone is 2. The molecule has 2 rings (SSSR count). The molecule has 1 unspecified atom stereocenters. The molecule has 2 aliphatic rings. The molecule has 0 aromatic heterocycles. The molecular formula is C14H22FNO. The second-order valence-corrected chi connectivity index (χ2v) is 5.22. The summed E-state index contributed by atoms with van der Waals surface area (Å²) in [5.41, 5.74) is 0.823. The molecule has 0 radical (unpaired) electrons. The van der Waals surface area contributed by atoms with Crippen LogP contribution < -0.4 is 0 Å². The third kappa shape index (κ3) is 3.17. The van der Waals surface area contributed by atoms with Crippen LogP contribution in [0, 0.1) is 5.92 Å². The van der Waals surface area contributed by atoms with Gasteiger partial charge in [0.1, 0.15) is 5.83 Å². The van der Waals surface area contributed by atoms with E-state index in [4.69, 9.17) is 4.74 Å². The third-order valence-electron chi connectivity index (χ3n) is 3.73. The highest BCUT2D eigenvalue weighted by Gasteiger charge is 2.24. The summed E-state index contributed by atoms with van der Waals surface area (Å²) in [6.07, 6.45) is 6.68. The van der Waals surface area contributed by atoms with Crippen LogP contribution in [0.5, 0.6) is 0 Å². The van der Waals surface area contributed by atoms with Crippen molar-refractivity contribution in [3.63, 3.8) is 0 Å². The maximum atomic E-state index is 13.8. The van der Waals surface area contributed by atoms with Crippen molar-refractivity contribution in [1.29, 1.82) is 0 Å². The minimum absolute atomic E-state index is 0.0720. The second kappa shape index (κ2) is 5.78. The van der Waals surface area contributed by atoms with E-state index in [1.165, 1.54) is 12.8 Å². The number of halogens is 1. The number of piperidine rings is 1. The quantitative estimate of drug-likeness (QED) is 0.751. The first-order valence-electron chi connectivity index (χ1n) is 6.51. The summed E-state index contributed by atoms with van der Waals surface area (Å²) in [6, 6.07) is 0. The SMILES string of the molecule is COC1CC=CC(F)=C1CN1CCC[C@@H](C)C1. The van der Waals surface area contributed by atoms with Crippen LogP contribution in [-0.4, -0.2) is 37.7 Å². The Morgan fingerprint density at radius 1 is 1.53 bits per heavy atom. The Kier molecular flexibility index (Phi) is 4.35. The van der Waals surface area contributed by atoms with Gasteiger partial charge < -0.3 is 4.74 Å². The Hall–Kier alpha value is -0.670. The van der Waals surface area contributed by atoms with Crippen LogP contribution in [0.4, 0.5) is 4.39 Å². The number of likely N-dealkylation sites (tertiary alicyclic amines) is 1. The molecule has 1 saturated heterocycles. The summed E-state index contributed by atoms with van der Waals surface area (Å²) in [7, 11) is 1.66. The summed E-state index contributed by atoms with van der Waals surface area (Å²) in [6.45, 7) is 5.16. The van der Waals surface area contributed by atoms with Gasteiger partial charge in [-0.3, -0.25) is 4.90 Å². The Bertz CT molecular complexity index is 324. The first-order chi connectivity index (χ1) is 8.20. The van der Waals surface area contributed by atoms with E-state index in [2.05, 4.69) is 11.8 Å². The van der Waals surface area contributed by atoms with Crippen LogP contribution in [0.2, 0.25) is 0 Å². The van der Waals surface area contributed by atoms with E-state index in [0.29, 0.717) is 0 Å². The number of ether oxygens (including phenoxy) is 1. The second-order valence-electron chi connectivity index (χ2n) is 5.22. The lowest BCUT2D eigenvalue weighted by Gasteiger charge is -2.33. The van der Waals surface area contributed by atoms with Crippen molar-refractivity contribution in [3.8, 4) is 0 Å². The molecule has 1 aliphatic carbocycles. The van der Waals surface area contributed by atoms with Gasteiger partial charge in [-0.05, 0) is 37.8 Å². The van der Waals surface area contributed by atoms with Crippen molar-refractivity contribution < 1.29 is 9.13 Å². The number of rotatable bonds is 3. The van der Waals surface area contributed by atoms with E-state index >= 15 is 0 Å². The maximum Gasteiger partial charge on any atom is 0.125 e. The standard InChI is InChI=1S/C14H22FNO/c1-11-5-4-8-16(9-11)10-12-13(15)6-3-7-14(12)17-2/h3,6,11,14H,4-5,7-10H2,1-2H3/t11-,14?/m1/s1. The predicted octanol–water partition coefficient (Wildman–Crippen LogP) is 2.92. The molecule has 3 heteroatoms. The van der Waals surface area contributed by atoms with Crippen molar-refractivity contribution in [2.45, 2.75) is 32.3 Å². The van der Waals surface area contributed by atoms with Crippen LogP contribution in [0.1, 0.15) is 26.2 Å². The minimum Gasteiger partial charge on any atom is -0.377 e. The van der Waals surface area contributed by atoms with Crippen molar-refractivity contribution in [2.75, 3.05) is 26.7 Å². The van der Waals surface area contributed by atoms with Gasteiger partial charge in [0.25, 0.3) is 0 Å². The molecule has 0 spiro atoms. The zero-order valence-electron chi connectivity index (χ0n) is 10.8. The molecule has 0 saturated carbocycles. The molecule has 1 fully saturated rings. The van der Waals surface area contributed by atoms with E-state index in [-0.39, 0.29) is 11.9 Å². The van der Waals surface area contributed by atoms with Gasteiger partial charge in [-0.15, -0.1) is 0 Å². The van der Waals surface area contributed by atoms with Crippen molar-refractivity contribution >= 4 is 0 Å². The summed E-state index contributed by atoms with van der Waals surface area (Å²) < 4.78 is 19.2. The highest BCUT2D eigenvalue weighted by Crippen LogP contribution is 2.25. The average Bonchev–Trinajstić information content (AvgIpc) is 2.32. The Morgan fingerprint density at radius 3 is 3.06 bits per heavy atom. The monoisotopic (exact) mass is 239 g/mol. The van der Waals surface area contributed by atoms with Crippen LogP contribution >= 0.6 is 0 Å². The minimum atomic E-state index is -0.0960. The highest BCUT2D eigenvalue weighted by atomic mass is 19.1. The Morgan fingerprint density at radius 2 is 2.35 bits per heavy atom. The molecule has 1 aliphatic heterocycles. The Labute approximate surface area is 103 Å². The number of nitrogens with zero attached hydrogens (tertiary/aromatic N) is 1. The fourth-order valence-corrected chi connectivity index (χ4v) is 2.79. The van der Waals surface area contributed by atoms with Gasteiger partial charge in [0, 0.05) is 25.8 Å². The molecule has 0 N–H and O–H groups in total. The average molecular weight is 239 g/mol. The normalized spacial score (nSPS) is 31.0. The fraction of sp³-hybridized carbons (Fsp3) is 0.714. The number of hydrogen-bond acceptors (Lipinski definition) is 2. The number of methoxy groups -OCH3 is 1. The van der Waals surface area contributed by atoms with E-state index in [0.717, 1.165) is 37.5 Å². The van der Waals surface area contributed by atoms with E-state index < -0.39 is 0 Å². The lowest BCUT2D eigenvalue weighted by Crippen LogP contribution is -2.38. The Balaban J connectivity index is 2.02. The molecule has 0 amide bonds. The van der Waals surface area contributed by atoms with Crippen LogP contribution in [0.3, 0.4) is 0 Å². The first kappa shape index (κ1) is 12.8. The molecule has 0 bridgehead atoms. The summed E-state index contributed by atoms with van der Waals surface area (Å²) in [4.78, 5) is 2.36. The zero-order chi connectivity index (χ0) is 12.3. The molecule has 17 heavy (non-hydrogen) atoms. The topological polar surface area (TPSA) is 12.5 Å². The zero-order valence-corrected chi connectivity index (χ0v) is 10.8. The third-order valence-corrected chi connectivity index (χ3v) is 3.73. The van der Waals surface area contributed by atoms with Gasteiger partial charge in [0.15, 0.2) is 0 Å². The van der Waals surface area contributed by atoms with E-state index in [9.17, 15) is 4.39 Å². The molecule has 0 aromatic carbocycles. The first-order valence-corrected chi connectivity index (χ1v) is 6.51. The summed E-state index contributed by atoms with van der Waals surface area (Å²) in [5, 5.41) is 0. The van der Waals surface area contributed by atoms with Gasteiger partial charge in [0.05, 0.1) is 6.10 Å². The predicted molar refractivity (Wildman–Crippen MR) is 67.5 cm³/mol. The van der Waals surface area contributed by atoms with Crippen LogP contribution in [0.25, 0.3) is 0 Å². The van der Waals surface area contributed by atoms with E-state index in [1.807, 2.05) is 6.08 Å². The van der Waals surface area contributed by atoms with Crippen molar-refractivity contribution in [3.05, 3.63) is 23.6 Å². The van der Waals surface area contributed by atoms with Gasteiger partial charge in [-0.1, -0.05) is 13.0 Å². The molecule has 2 nitrogen and oxygen atoms in total. The lowest BCUT2D eigenvalue weighted by molar-refractivity contribution is 0.113. The molecule has 96 valence electrons. The smallest absolute Gasteiger partial charge is 0.125 e. The van der Waals surface area contributed by atoms with Crippen LogP contribution in [0.15, 0.2) is 23.6 Å². The van der Waals surface area contributed by atoms with E-state index in [1.54, 1.807) is 13.2 Å². The summed E-state index contributed by atoms with van der Waals surface area (Å²) >= 11 is 0. The number of hydrogen-bond donors (Lipinski definition) is 0. The van der Waals surface area contributed by atoms with Crippen molar-refractivity contribution in [1.82, 2.24) is 4.90 Å². The molecule has 2 atom stereocenters. The largest absolute Gasteiger partial charge is 0.377 e. The highest BCUT2D eigenvalue weighted by molar-refractivity contribution is 5.29. The van der Waals surface area contributed by atoms with Crippen molar-refractivity contribution in [2.24, 2.45) is 5.92 Å². The fourth-order valence-electron chi connectivity index (χ4n) is 2.79.